The van der Waals surface area contributed by atoms with Gasteiger partial charge in [-0.05, 0) is 29.9 Å². The molecule has 0 saturated heterocycles. The van der Waals surface area contributed by atoms with Crippen molar-refractivity contribution in [3.05, 3.63) is 36.2 Å². The summed E-state index contributed by atoms with van der Waals surface area (Å²) >= 11 is 2.05. The molecule has 1 fully saturated rings. The van der Waals surface area contributed by atoms with E-state index in [2.05, 4.69) is 44.0 Å². The van der Waals surface area contributed by atoms with Crippen LogP contribution < -0.4 is 0 Å². The molecule has 1 aromatic heterocycles. The van der Waals surface area contributed by atoms with E-state index in [1.807, 2.05) is 24.0 Å². The topological polar surface area (TPSA) is 12.9 Å². The molecule has 0 radical (unpaired) electrons. The predicted octanol–water partition coefficient (Wildman–Crippen LogP) is 3.97. The zero-order chi connectivity index (χ0) is 11.4. The lowest BCUT2D eigenvalue weighted by molar-refractivity contribution is 0.373. The lowest BCUT2D eigenvalue weighted by atomic mass is 9.88. The van der Waals surface area contributed by atoms with E-state index in [9.17, 15) is 0 Å². The standard InChI is InChI=1S/C14H17NS/c1-13(2,3)14-9-10(14)8-12(16-14)11-6-4-5-7-15-11/h4-8,10H,9H2,1-3H3. The van der Waals surface area contributed by atoms with Crippen LogP contribution in [0.5, 0.6) is 0 Å². The molecule has 84 valence electrons. The maximum Gasteiger partial charge on any atom is 0.0762 e. The van der Waals surface area contributed by atoms with Crippen molar-refractivity contribution in [1.82, 2.24) is 4.98 Å². The molecule has 2 heteroatoms. The molecule has 2 heterocycles. The van der Waals surface area contributed by atoms with Crippen LogP contribution >= 0.6 is 11.8 Å². The second kappa shape index (κ2) is 3.13. The fraction of sp³-hybridized carbons (Fsp3) is 0.500. The SMILES string of the molecule is CC(C)(C)C12CC1C=C(c1ccccn1)S2. The summed E-state index contributed by atoms with van der Waals surface area (Å²) in [6.07, 6.45) is 5.65. The molecular formula is C14H17NS. The summed E-state index contributed by atoms with van der Waals surface area (Å²) in [5.41, 5.74) is 1.53. The Labute approximate surface area is 101 Å². The van der Waals surface area contributed by atoms with Crippen LogP contribution in [0.3, 0.4) is 0 Å². The monoisotopic (exact) mass is 231 g/mol. The first-order chi connectivity index (χ1) is 7.53. The highest BCUT2D eigenvalue weighted by Gasteiger charge is 2.64. The smallest absolute Gasteiger partial charge is 0.0762 e. The minimum absolute atomic E-state index is 0.384. The summed E-state index contributed by atoms with van der Waals surface area (Å²) in [4.78, 5) is 5.82. The van der Waals surface area contributed by atoms with Crippen LogP contribution in [0.2, 0.25) is 0 Å². The number of pyridine rings is 1. The molecule has 3 rings (SSSR count). The highest BCUT2D eigenvalue weighted by atomic mass is 32.2. The maximum absolute atomic E-state index is 4.44. The molecular weight excluding hydrogens is 214 g/mol. The summed E-state index contributed by atoms with van der Waals surface area (Å²) in [5, 5.41) is 0. The number of aromatic nitrogens is 1. The van der Waals surface area contributed by atoms with E-state index in [1.54, 1.807) is 0 Å². The van der Waals surface area contributed by atoms with Gasteiger partial charge in [-0.1, -0.05) is 32.9 Å². The van der Waals surface area contributed by atoms with Gasteiger partial charge in [0.05, 0.1) is 5.69 Å². The van der Waals surface area contributed by atoms with Crippen molar-refractivity contribution in [3.63, 3.8) is 0 Å². The van der Waals surface area contributed by atoms with Crippen molar-refractivity contribution < 1.29 is 0 Å². The minimum atomic E-state index is 0.384. The molecule has 1 aliphatic heterocycles. The molecule has 0 bridgehead atoms. The van der Waals surface area contributed by atoms with Crippen molar-refractivity contribution in [1.29, 1.82) is 0 Å². The molecule has 1 saturated carbocycles. The van der Waals surface area contributed by atoms with Crippen LogP contribution in [-0.4, -0.2) is 9.73 Å². The Morgan fingerprint density at radius 3 is 2.75 bits per heavy atom. The third-order valence-corrected chi connectivity index (χ3v) is 5.80. The fourth-order valence-corrected chi connectivity index (χ4v) is 4.29. The normalized spacial score (nSPS) is 32.2. The first kappa shape index (κ1) is 10.4. The van der Waals surface area contributed by atoms with Crippen LogP contribution in [0.15, 0.2) is 30.5 Å². The molecule has 1 aliphatic carbocycles. The first-order valence-corrected chi connectivity index (χ1v) is 6.67. The molecule has 2 aliphatic rings. The van der Waals surface area contributed by atoms with Gasteiger partial charge in [0.1, 0.15) is 0 Å². The Balaban J connectivity index is 1.88. The third-order valence-electron chi connectivity index (χ3n) is 3.79. The van der Waals surface area contributed by atoms with E-state index >= 15 is 0 Å². The number of nitrogens with zero attached hydrogens (tertiary/aromatic N) is 1. The average molecular weight is 231 g/mol. The summed E-state index contributed by atoms with van der Waals surface area (Å²) in [6, 6.07) is 6.15. The van der Waals surface area contributed by atoms with Crippen molar-refractivity contribution in [2.24, 2.45) is 11.3 Å². The number of rotatable bonds is 1. The van der Waals surface area contributed by atoms with E-state index in [-0.39, 0.29) is 0 Å². The number of hydrogen-bond acceptors (Lipinski definition) is 2. The van der Waals surface area contributed by atoms with Crippen LogP contribution in [0, 0.1) is 11.3 Å². The number of allylic oxidation sites excluding steroid dienone is 1. The Morgan fingerprint density at radius 1 is 1.38 bits per heavy atom. The summed E-state index contributed by atoms with van der Waals surface area (Å²) < 4.78 is 0.458. The van der Waals surface area contributed by atoms with Crippen molar-refractivity contribution in [2.75, 3.05) is 0 Å². The predicted molar refractivity (Wildman–Crippen MR) is 70.1 cm³/mol. The quantitative estimate of drug-likeness (QED) is 0.725. The van der Waals surface area contributed by atoms with Gasteiger partial charge in [-0.25, -0.2) is 0 Å². The van der Waals surface area contributed by atoms with Gasteiger partial charge in [0, 0.05) is 15.8 Å². The molecule has 1 nitrogen and oxygen atoms in total. The summed E-state index contributed by atoms with van der Waals surface area (Å²) in [7, 11) is 0. The zero-order valence-corrected chi connectivity index (χ0v) is 10.8. The Kier molecular flexibility index (Phi) is 2.03. The molecule has 2 atom stereocenters. The maximum atomic E-state index is 4.44. The van der Waals surface area contributed by atoms with E-state index in [4.69, 9.17) is 0 Å². The van der Waals surface area contributed by atoms with Gasteiger partial charge in [0.25, 0.3) is 0 Å². The lowest BCUT2D eigenvalue weighted by Crippen LogP contribution is -2.25. The second-order valence-electron chi connectivity index (χ2n) is 5.80. The summed E-state index contributed by atoms with van der Waals surface area (Å²) in [5.74, 6) is 0.773. The molecule has 1 aromatic rings. The molecule has 0 N–H and O–H groups in total. The van der Waals surface area contributed by atoms with Gasteiger partial charge in [-0.3, -0.25) is 4.98 Å². The Morgan fingerprint density at radius 2 is 2.19 bits per heavy atom. The van der Waals surface area contributed by atoms with Crippen LogP contribution in [0.4, 0.5) is 0 Å². The lowest BCUT2D eigenvalue weighted by Gasteiger charge is -2.29. The van der Waals surface area contributed by atoms with Crippen molar-refractivity contribution >= 4 is 16.7 Å². The van der Waals surface area contributed by atoms with Gasteiger partial charge < -0.3 is 0 Å². The van der Waals surface area contributed by atoms with E-state index in [1.165, 1.54) is 11.3 Å². The van der Waals surface area contributed by atoms with Gasteiger partial charge in [0.15, 0.2) is 0 Å². The van der Waals surface area contributed by atoms with Crippen LogP contribution in [0.25, 0.3) is 4.91 Å². The second-order valence-corrected chi connectivity index (χ2v) is 7.17. The highest BCUT2D eigenvalue weighted by Crippen LogP contribution is 2.71. The summed E-state index contributed by atoms with van der Waals surface area (Å²) in [6.45, 7) is 7.07. The van der Waals surface area contributed by atoms with Gasteiger partial charge in [0.2, 0.25) is 0 Å². The highest BCUT2D eigenvalue weighted by molar-refractivity contribution is 8.10. The largest absolute Gasteiger partial charge is 0.256 e. The zero-order valence-electron chi connectivity index (χ0n) is 10.0. The minimum Gasteiger partial charge on any atom is -0.256 e. The molecule has 0 amide bonds. The molecule has 0 aromatic carbocycles. The van der Waals surface area contributed by atoms with Gasteiger partial charge in [-0.2, -0.15) is 0 Å². The van der Waals surface area contributed by atoms with Crippen molar-refractivity contribution in [2.45, 2.75) is 31.9 Å². The Bertz CT molecular complexity index is 444. The Hall–Kier alpha value is -0.760. The van der Waals surface area contributed by atoms with E-state index < -0.39 is 0 Å². The van der Waals surface area contributed by atoms with E-state index in [0.29, 0.717) is 10.2 Å². The van der Waals surface area contributed by atoms with Gasteiger partial charge in [-0.15, -0.1) is 11.8 Å². The third kappa shape index (κ3) is 1.36. The van der Waals surface area contributed by atoms with Gasteiger partial charge >= 0.3 is 0 Å². The van der Waals surface area contributed by atoms with E-state index in [0.717, 1.165) is 11.6 Å². The fourth-order valence-electron chi connectivity index (χ4n) is 2.65. The van der Waals surface area contributed by atoms with Crippen LogP contribution in [0.1, 0.15) is 32.9 Å². The molecule has 2 unspecified atom stereocenters. The number of fused-ring (bicyclic) bond motifs is 1. The molecule has 0 spiro atoms. The van der Waals surface area contributed by atoms with Crippen molar-refractivity contribution in [3.8, 4) is 0 Å². The van der Waals surface area contributed by atoms with Crippen LogP contribution in [-0.2, 0) is 0 Å². The number of thioether (sulfide) groups is 1. The average Bonchev–Trinajstić information content (AvgIpc) is 2.83. The number of hydrogen-bond donors (Lipinski definition) is 0. The first-order valence-electron chi connectivity index (χ1n) is 5.85. The molecule has 16 heavy (non-hydrogen) atoms.